The molecular formula is C20H26N8O3. The number of hydrogen-bond donors (Lipinski definition) is 1. The summed E-state index contributed by atoms with van der Waals surface area (Å²) in [5, 5.41) is 9.00. The summed E-state index contributed by atoms with van der Waals surface area (Å²) in [5.74, 6) is 0.288. The lowest BCUT2D eigenvalue weighted by atomic mass is 9.99. The van der Waals surface area contributed by atoms with Crippen LogP contribution in [0.25, 0.3) is 5.57 Å². The minimum absolute atomic E-state index is 0.0547. The first-order chi connectivity index (χ1) is 15.2. The normalized spacial score (nSPS) is 19.8. The van der Waals surface area contributed by atoms with Crippen LogP contribution in [0.4, 0.5) is 5.95 Å². The zero-order chi connectivity index (χ0) is 21.2. The summed E-state index contributed by atoms with van der Waals surface area (Å²) in [5.41, 5.74) is 9.46. The van der Waals surface area contributed by atoms with Gasteiger partial charge >= 0.3 is 0 Å². The fourth-order valence-electron chi connectivity index (χ4n) is 4.10. The van der Waals surface area contributed by atoms with Crippen molar-refractivity contribution in [2.45, 2.75) is 13.1 Å². The smallest absolute Gasteiger partial charge is 0.244 e. The van der Waals surface area contributed by atoms with Gasteiger partial charge in [-0.15, -0.1) is 0 Å². The van der Waals surface area contributed by atoms with E-state index in [1.54, 1.807) is 12.4 Å². The third-order valence-electron chi connectivity index (χ3n) is 5.81. The number of hydrogen-bond acceptors (Lipinski definition) is 9. The standard InChI is InChI=1S/C20H26N8O3/c21-20-22-9-15(10-23-20)17-12-27(26-3-7-31-8-4-26)13-18-16(17)11-24-28(18)14-19(29)25-1-5-30-6-2-25/h9-12H,1-8,13-14H2,(H2,21,22,23). The Balaban J connectivity index is 1.46. The maximum Gasteiger partial charge on any atom is 0.244 e. The highest BCUT2D eigenvalue weighted by Gasteiger charge is 2.28. The SMILES string of the molecule is Nc1ncc(C2=CN(N3CCOCC3)Cc3c2cnn3CC(=O)N2CCOCC2)cn1. The number of fused-ring (bicyclic) bond motifs is 1. The van der Waals surface area contributed by atoms with Crippen LogP contribution in [0.5, 0.6) is 0 Å². The van der Waals surface area contributed by atoms with Gasteiger partial charge in [-0.2, -0.15) is 5.10 Å². The average Bonchev–Trinajstić information content (AvgIpc) is 3.23. The zero-order valence-electron chi connectivity index (χ0n) is 17.3. The molecule has 2 fully saturated rings. The molecule has 0 atom stereocenters. The highest BCUT2D eigenvalue weighted by atomic mass is 16.5. The van der Waals surface area contributed by atoms with Crippen LogP contribution < -0.4 is 5.73 Å². The lowest BCUT2D eigenvalue weighted by molar-refractivity contribution is -0.136. The van der Waals surface area contributed by atoms with Crippen LogP contribution in [0.1, 0.15) is 16.8 Å². The van der Waals surface area contributed by atoms with E-state index in [2.05, 4.69) is 31.3 Å². The summed E-state index contributed by atoms with van der Waals surface area (Å²) < 4.78 is 12.7. The summed E-state index contributed by atoms with van der Waals surface area (Å²) in [6.45, 7) is 6.22. The van der Waals surface area contributed by atoms with Gasteiger partial charge in [0, 0.05) is 61.5 Å². The molecule has 3 aliphatic heterocycles. The first-order valence-corrected chi connectivity index (χ1v) is 10.5. The van der Waals surface area contributed by atoms with Gasteiger partial charge in [0.15, 0.2) is 0 Å². The van der Waals surface area contributed by atoms with Crippen molar-refractivity contribution in [3.05, 3.63) is 41.6 Å². The monoisotopic (exact) mass is 426 g/mol. The summed E-state index contributed by atoms with van der Waals surface area (Å²) in [4.78, 5) is 23.0. The third-order valence-corrected chi connectivity index (χ3v) is 5.81. The number of anilines is 1. The molecule has 0 saturated carbocycles. The largest absolute Gasteiger partial charge is 0.379 e. The van der Waals surface area contributed by atoms with Crippen LogP contribution in [-0.2, 0) is 27.4 Å². The Morgan fingerprint density at radius 3 is 2.39 bits per heavy atom. The number of carbonyl (C=O) groups excluding carboxylic acids is 1. The quantitative estimate of drug-likeness (QED) is 0.695. The molecule has 3 aliphatic rings. The Labute approximate surface area is 180 Å². The fraction of sp³-hybridized carbons (Fsp3) is 0.500. The Kier molecular flexibility index (Phi) is 5.53. The fourth-order valence-corrected chi connectivity index (χ4v) is 4.10. The van der Waals surface area contributed by atoms with E-state index in [0.29, 0.717) is 46.1 Å². The van der Waals surface area contributed by atoms with Gasteiger partial charge in [0.2, 0.25) is 11.9 Å². The van der Waals surface area contributed by atoms with Crippen molar-refractivity contribution in [3.63, 3.8) is 0 Å². The molecule has 11 nitrogen and oxygen atoms in total. The maximum atomic E-state index is 12.8. The molecule has 1 amide bonds. The lowest BCUT2D eigenvalue weighted by Gasteiger charge is -2.39. The molecule has 2 aromatic rings. The summed E-state index contributed by atoms with van der Waals surface area (Å²) in [7, 11) is 0. The second kappa shape index (κ2) is 8.61. The van der Waals surface area contributed by atoms with Crippen LogP contribution in [0.2, 0.25) is 0 Å². The van der Waals surface area contributed by atoms with Gasteiger partial charge in [0.05, 0.1) is 44.9 Å². The van der Waals surface area contributed by atoms with Gasteiger partial charge in [-0.05, 0) is 0 Å². The van der Waals surface area contributed by atoms with Gasteiger partial charge < -0.3 is 25.1 Å². The van der Waals surface area contributed by atoms with Crippen LogP contribution in [-0.4, -0.2) is 93.2 Å². The highest BCUT2D eigenvalue weighted by Crippen LogP contribution is 2.32. The van der Waals surface area contributed by atoms with Crippen LogP contribution in [0.3, 0.4) is 0 Å². The molecule has 0 radical (unpaired) electrons. The number of aromatic nitrogens is 4. The van der Waals surface area contributed by atoms with Crippen molar-refractivity contribution in [3.8, 4) is 0 Å². The number of ether oxygens (including phenoxy) is 2. The highest BCUT2D eigenvalue weighted by molar-refractivity contribution is 5.81. The molecule has 2 N–H and O–H groups in total. The molecule has 0 aliphatic carbocycles. The second-order valence-corrected chi connectivity index (χ2v) is 7.69. The van der Waals surface area contributed by atoms with Gasteiger partial charge in [-0.25, -0.2) is 15.0 Å². The first-order valence-electron chi connectivity index (χ1n) is 10.5. The zero-order valence-corrected chi connectivity index (χ0v) is 17.3. The molecule has 0 bridgehead atoms. The number of morpholine rings is 2. The number of nitrogens with two attached hydrogens (primary N) is 1. The topological polar surface area (TPSA) is 115 Å². The van der Waals surface area contributed by atoms with Crippen molar-refractivity contribution < 1.29 is 14.3 Å². The Hall–Kier alpha value is -3.02. The Morgan fingerprint density at radius 1 is 1.00 bits per heavy atom. The summed E-state index contributed by atoms with van der Waals surface area (Å²) in [6.07, 6.45) is 7.35. The molecule has 0 aromatic carbocycles. The number of carbonyl (C=O) groups is 1. The van der Waals surface area contributed by atoms with E-state index in [1.807, 2.05) is 15.8 Å². The van der Waals surface area contributed by atoms with Gasteiger partial charge in [0.1, 0.15) is 6.54 Å². The van der Waals surface area contributed by atoms with Crippen molar-refractivity contribution in [2.24, 2.45) is 0 Å². The number of rotatable bonds is 4. The van der Waals surface area contributed by atoms with Gasteiger partial charge in [0.25, 0.3) is 0 Å². The molecule has 11 heteroatoms. The van der Waals surface area contributed by atoms with Crippen LogP contribution >= 0.6 is 0 Å². The van der Waals surface area contributed by atoms with Crippen molar-refractivity contribution >= 4 is 17.4 Å². The molecule has 164 valence electrons. The van der Waals surface area contributed by atoms with Crippen LogP contribution in [0.15, 0.2) is 24.8 Å². The third kappa shape index (κ3) is 4.11. The molecule has 2 aromatic heterocycles. The van der Waals surface area contributed by atoms with E-state index in [4.69, 9.17) is 15.2 Å². The lowest BCUT2D eigenvalue weighted by Crippen LogP contribution is -2.47. The van der Waals surface area contributed by atoms with Crippen molar-refractivity contribution in [2.75, 3.05) is 58.3 Å². The maximum absolute atomic E-state index is 12.8. The molecule has 31 heavy (non-hydrogen) atoms. The molecule has 2 saturated heterocycles. The van der Waals surface area contributed by atoms with Crippen LogP contribution in [0, 0.1) is 0 Å². The molecule has 0 spiro atoms. The van der Waals surface area contributed by atoms with Crippen molar-refractivity contribution in [1.29, 1.82) is 0 Å². The van der Waals surface area contributed by atoms with Gasteiger partial charge in [-0.3, -0.25) is 9.48 Å². The molecular weight excluding hydrogens is 400 g/mol. The number of nitrogen functional groups attached to an aromatic ring is 1. The predicted molar refractivity (Wildman–Crippen MR) is 111 cm³/mol. The summed E-state index contributed by atoms with van der Waals surface area (Å²) >= 11 is 0. The predicted octanol–water partition coefficient (Wildman–Crippen LogP) is -0.434. The van der Waals surface area contributed by atoms with E-state index >= 15 is 0 Å². The Morgan fingerprint density at radius 2 is 1.68 bits per heavy atom. The number of nitrogens with zero attached hydrogens (tertiary/aromatic N) is 7. The van der Waals surface area contributed by atoms with E-state index in [9.17, 15) is 4.79 Å². The minimum atomic E-state index is 0.0547. The van der Waals surface area contributed by atoms with E-state index < -0.39 is 0 Å². The number of hydrazine groups is 1. The van der Waals surface area contributed by atoms with E-state index in [-0.39, 0.29) is 18.4 Å². The van der Waals surface area contributed by atoms with E-state index in [0.717, 1.165) is 35.5 Å². The molecule has 5 rings (SSSR count). The van der Waals surface area contributed by atoms with Gasteiger partial charge in [-0.1, -0.05) is 0 Å². The number of amides is 1. The Bertz CT molecular complexity index is 961. The first kappa shape index (κ1) is 19.9. The molecule has 5 heterocycles. The van der Waals surface area contributed by atoms with E-state index in [1.165, 1.54) is 0 Å². The average molecular weight is 426 g/mol. The molecule has 0 unspecified atom stereocenters. The second-order valence-electron chi connectivity index (χ2n) is 7.69. The minimum Gasteiger partial charge on any atom is -0.379 e. The van der Waals surface area contributed by atoms with Crippen molar-refractivity contribution in [1.82, 2.24) is 34.7 Å². The summed E-state index contributed by atoms with van der Waals surface area (Å²) in [6, 6.07) is 0.